The largest absolute Gasteiger partial charge is 0.395 e. The average molecular weight is 214 g/mol. The van der Waals surface area contributed by atoms with Crippen molar-refractivity contribution in [2.45, 2.75) is 13.8 Å². The van der Waals surface area contributed by atoms with Gasteiger partial charge < -0.3 is 11.1 Å². The van der Waals surface area contributed by atoms with Crippen molar-refractivity contribution >= 4 is 17.3 Å². The lowest BCUT2D eigenvalue weighted by Crippen LogP contribution is -2.19. The number of anilines is 2. The van der Waals surface area contributed by atoms with Crippen LogP contribution in [0.3, 0.4) is 0 Å². The van der Waals surface area contributed by atoms with Crippen LogP contribution in [0.4, 0.5) is 20.2 Å². The number of nitrogens with two attached hydrogens (primary N) is 1. The molecule has 0 aliphatic carbocycles. The van der Waals surface area contributed by atoms with Crippen LogP contribution in [0.25, 0.3) is 0 Å². The number of hydrogen-bond acceptors (Lipinski definition) is 2. The molecule has 15 heavy (non-hydrogen) atoms. The van der Waals surface area contributed by atoms with Gasteiger partial charge >= 0.3 is 0 Å². The molecule has 0 heterocycles. The van der Waals surface area contributed by atoms with Crippen LogP contribution in [0, 0.1) is 17.6 Å². The van der Waals surface area contributed by atoms with Gasteiger partial charge in [-0.3, -0.25) is 4.79 Å². The summed E-state index contributed by atoms with van der Waals surface area (Å²) in [4.78, 5) is 11.3. The Balaban J connectivity index is 2.97. The van der Waals surface area contributed by atoms with E-state index >= 15 is 0 Å². The summed E-state index contributed by atoms with van der Waals surface area (Å²) in [5.41, 5.74) is 5.01. The zero-order chi connectivity index (χ0) is 11.6. The molecular weight excluding hydrogens is 202 g/mol. The second kappa shape index (κ2) is 4.25. The maximum absolute atomic E-state index is 13.0. The Hall–Kier alpha value is -1.65. The first-order valence-electron chi connectivity index (χ1n) is 4.47. The van der Waals surface area contributed by atoms with Crippen molar-refractivity contribution in [3.8, 4) is 0 Å². The summed E-state index contributed by atoms with van der Waals surface area (Å²) >= 11 is 0. The predicted molar refractivity (Wildman–Crippen MR) is 54.2 cm³/mol. The van der Waals surface area contributed by atoms with Gasteiger partial charge in [-0.25, -0.2) is 8.78 Å². The fourth-order valence-corrected chi connectivity index (χ4v) is 0.952. The standard InChI is InChI=1S/C10H12F2N2O/c1-5(2)10(15)14-7-4-3-6(11)8(12)9(7)13/h3-5H,13H2,1-2H3,(H,14,15). The Morgan fingerprint density at radius 1 is 1.40 bits per heavy atom. The van der Waals surface area contributed by atoms with Gasteiger partial charge in [-0.05, 0) is 12.1 Å². The number of carbonyl (C=O) groups is 1. The van der Waals surface area contributed by atoms with Gasteiger partial charge in [0.15, 0.2) is 11.6 Å². The van der Waals surface area contributed by atoms with Crippen molar-refractivity contribution in [2.75, 3.05) is 11.1 Å². The smallest absolute Gasteiger partial charge is 0.226 e. The average Bonchev–Trinajstić information content (AvgIpc) is 2.18. The summed E-state index contributed by atoms with van der Waals surface area (Å²) < 4.78 is 25.7. The van der Waals surface area contributed by atoms with Crippen molar-refractivity contribution in [3.63, 3.8) is 0 Å². The molecule has 82 valence electrons. The maximum Gasteiger partial charge on any atom is 0.226 e. The Morgan fingerprint density at radius 3 is 2.53 bits per heavy atom. The van der Waals surface area contributed by atoms with E-state index in [9.17, 15) is 13.6 Å². The predicted octanol–water partition coefficient (Wildman–Crippen LogP) is 2.14. The highest BCUT2D eigenvalue weighted by atomic mass is 19.2. The number of rotatable bonds is 2. The van der Waals surface area contributed by atoms with Gasteiger partial charge in [-0.1, -0.05) is 13.8 Å². The number of hydrogen-bond donors (Lipinski definition) is 2. The molecule has 1 aromatic rings. The van der Waals surface area contributed by atoms with Crippen molar-refractivity contribution in [1.82, 2.24) is 0 Å². The highest BCUT2D eigenvalue weighted by Crippen LogP contribution is 2.24. The van der Waals surface area contributed by atoms with Crippen LogP contribution in [-0.4, -0.2) is 5.91 Å². The molecule has 5 heteroatoms. The van der Waals surface area contributed by atoms with Crippen molar-refractivity contribution in [1.29, 1.82) is 0 Å². The minimum Gasteiger partial charge on any atom is -0.395 e. The number of halogens is 2. The summed E-state index contributed by atoms with van der Waals surface area (Å²) in [7, 11) is 0. The molecule has 0 aliphatic heterocycles. The Kier molecular flexibility index (Phi) is 3.24. The Bertz CT molecular complexity index is 391. The summed E-state index contributed by atoms with van der Waals surface area (Å²) in [6.07, 6.45) is 0. The molecule has 1 rings (SSSR count). The van der Waals surface area contributed by atoms with Gasteiger partial charge in [0.05, 0.1) is 11.4 Å². The molecule has 0 saturated heterocycles. The molecule has 3 nitrogen and oxygen atoms in total. The minimum absolute atomic E-state index is 0.0904. The number of carbonyl (C=O) groups excluding carboxylic acids is 1. The van der Waals surface area contributed by atoms with Crippen LogP contribution in [0.5, 0.6) is 0 Å². The van der Waals surface area contributed by atoms with E-state index in [2.05, 4.69) is 5.32 Å². The van der Waals surface area contributed by atoms with E-state index in [-0.39, 0.29) is 23.2 Å². The maximum atomic E-state index is 13.0. The highest BCUT2D eigenvalue weighted by Gasteiger charge is 2.13. The molecule has 1 amide bonds. The second-order valence-corrected chi connectivity index (χ2v) is 3.47. The van der Waals surface area contributed by atoms with Gasteiger partial charge in [0.2, 0.25) is 5.91 Å². The fraction of sp³-hybridized carbons (Fsp3) is 0.300. The molecular formula is C10H12F2N2O. The summed E-state index contributed by atoms with van der Waals surface area (Å²) in [5, 5.41) is 2.41. The Labute approximate surface area is 86.3 Å². The fourth-order valence-electron chi connectivity index (χ4n) is 0.952. The van der Waals surface area contributed by atoms with E-state index < -0.39 is 11.6 Å². The third-order valence-electron chi connectivity index (χ3n) is 1.91. The van der Waals surface area contributed by atoms with Gasteiger partial charge in [0, 0.05) is 5.92 Å². The zero-order valence-electron chi connectivity index (χ0n) is 8.47. The van der Waals surface area contributed by atoms with Crippen molar-refractivity contribution < 1.29 is 13.6 Å². The second-order valence-electron chi connectivity index (χ2n) is 3.47. The number of benzene rings is 1. The number of nitrogens with one attached hydrogen (secondary N) is 1. The quantitative estimate of drug-likeness (QED) is 0.741. The molecule has 0 radical (unpaired) electrons. The highest BCUT2D eigenvalue weighted by molar-refractivity contribution is 5.94. The molecule has 0 atom stereocenters. The van der Waals surface area contributed by atoms with Gasteiger partial charge in [0.25, 0.3) is 0 Å². The van der Waals surface area contributed by atoms with Crippen LogP contribution in [-0.2, 0) is 4.79 Å². The van der Waals surface area contributed by atoms with Crippen molar-refractivity contribution in [2.24, 2.45) is 5.92 Å². The first-order valence-corrected chi connectivity index (χ1v) is 4.47. The van der Waals surface area contributed by atoms with E-state index in [1.807, 2.05) is 0 Å². The van der Waals surface area contributed by atoms with Crippen LogP contribution in [0.2, 0.25) is 0 Å². The molecule has 1 aromatic carbocycles. The SMILES string of the molecule is CC(C)C(=O)Nc1ccc(F)c(F)c1N. The van der Waals surface area contributed by atoms with Crippen molar-refractivity contribution in [3.05, 3.63) is 23.8 Å². The van der Waals surface area contributed by atoms with Gasteiger partial charge in [-0.2, -0.15) is 0 Å². The molecule has 0 aliphatic rings. The van der Waals surface area contributed by atoms with Crippen LogP contribution < -0.4 is 11.1 Å². The number of amides is 1. The van der Waals surface area contributed by atoms with E-state index in [1.54, 1.807) is 13.8 Å². The first-order chi connectivity index (χ1) is 6.93. The lowest BCUT2D eigenvalue weighted by Gasteiger charge is -2.10. The van der Waals surface area contributed by atoms with Crippen LogP contribution in [0.15, 0.2) is 12.1 Å². The van der Waals surface area contributed by atoms with Gasteiger partial charge in [0.1, 0.15) is 0 Å². The molecule has 0 saturated carbocycles. The van der Waals surface area contributed by atoms with Gasteiger partial charge in [-0.15, -0.1) is 0 Å². The lowest BCUT2D eigenvalue weighted by molar-refractivity contribution is -0.118. The monoisotopic (exact) mass is 214 g/mol. The summed E-state index contributed by atoms with van der Waals surface area (Å²) in [6, 6.07) is 2.15. The van der Waals surface area contributed by atoms with E-state index in [0.29, 0.717) is 0 Å². The normalized spacial score (nSPS) is 10.5. The molecule has 0 unspecified atom stereocenters. The third kappa shape index (κ3) is 2.43. The topological polar surface area (TPSA) is 55.1 Å². The minimum atomic E-state index is -1.14. The first kappa shape index (κ1) is 11.4. The lowest BCUT2D eigenvalue weighted by atomic mass is 10.2. The molecule has 0 aromatic heterocycles. The summed E-state index contributed by atoms with van der Waals surface area (Å²) in [6.45, 7) is 3.37. The van der Waals surface area contributed by atoms with E-state index in [4.69, 9.17) is 5.73 Å². The molecule has 0 fully saturated rings. The zero-order valence-corrected chi connectivity index (χ0v) is 8.47. The number of nitrogen functional groups attached to an aromatic ring is 1. The molecule has 0 spiro atoms. The summed E-state index contributed by atoms with van der Waals surface area (Å²) in [5.74, 6) is -2.73. The van der Waals surface area contributed by atoms with E-state index in [0.717, 1.165) is 6.07 Å². The van der Waals surface area contributed by atoms with Crippen LogP contribution in [0.1, 0.15) is 13.8 Å². The van der Waals surface area contributed by atoms with Crippen LogP contribution >= 0.6 is 0 Å². The molecule has 0 bridgehead atoms. The molecule has 3 N–H and O–H groups in total. The Morgan fingerprint density at radius 2 is 2.00 bits per heavy atom. The van der Waals surface area contributed by atoms with E-state index in [1.165, 1.54) is 6.07 Å². The third-order valence-corrected chi connectivity index (χ3v) is 1.91.